The van der Waals surface area contributed by atoms with Gasteiger partial charge in [0.2, 0.25) is 0 Å². The van der Waals surface area contributed by atoms with Gasteiger partial charge in [-0.25, -0.2) is 0 Å². The van der Waals surface area contributed by atoms with E-state index in [-0.39, 0.29) is 0 Å². The van der Waals surface area contributed by atoms with Gasteiger partial charge < -0.3 is 18.3 Å². The lowest BCUT2D eigenvalue weighted by Crippen LogP contribution is -2.03. The Morgan fingerprint density at radius 2 is 0.446 bits per heavy atom. The van der Waals surface area contributed by atoms with Gasteiger partial charge in [0, 0.05) is 21.2 Å². The van der Waals surface area contributed by atoms with Crippen molar-refractivity contribution in [3.63, 3.8) is 0 Å². The minimum Gasteiger partial charge on any atom is -0.319 e. The van der Waals surface area contributed by atoms with Gasteiger partial charge in [-0.2, -0.15) is 0 Å². The Bertz CT molecular complexity index is 2610. The van der Waals surface area contributed by atoms with E-state index in [4.69, 9.17) is 0 Å². The van der Waals surface area contributed by atoms with Crippen LogP contribution in [-0.2, 0) is 18.3 Å². The van der Waals surface area contributed by atoms with Crippen LogP contribution in [0, 0.1) is 0 Å². The molecule has 282 valence electrons. The maximum Gasteiger partial charge on any atom is 0.109 e. The van der Waals surface area contributed by atoms with Crippen molar-refractivity contribution in [1.82, 2.24) is 0 Å². The lowest BCUT2D eigenvalue weighted by atomic mass is 9.82. The summed E-state index contributed by atoms with van der Waals surface area (Å²) < 4.78 is 52.1. The highest BCUT2D eigenvalue weighted by molar-refractivity contribution is 7.71. The van der Waals surface area contributed by atoms with Crippen LogP contribution in [-0.4, -0.2) is 53.3 Å². The van der Waals surface area contributed by atoms with Gasteiger partial charge in [0.15, 0.2) is 0 Å². The molecule has 8 heteroatoms. The summed E-state index contributed by atoms with van der Waals surface area (Å²) in [5.74, 6) is 0. The predicted molar refractivity (Wildman–Crippen MR) is 248 cm³/mol. The topological polar surface area (TPSA) is 68.3 Å². The summed E-state index contributed by atoms with van der Waals surface area (Å²) in [5, 5.41) is 10.1. The van der Waals surface area contributed by atoms with Gasteiger partial charge in [-0.05, 0) is 142 Å². The van der Waals surface area contributed by atoms with Crippen LogP contribution in [0.1, 0.15) is 0 Å². The SMILES string of the molecule is CP(C)(=O)c1ccc(-c2cc(-c3ccc(P(C)(C)=O)cc3)c3ccc4c(-c5ccc(P(C)(C)=O)cc5)cc(-c5ccc(P(C)(C)=O)cc5)c5ccc2c3c54)cc1. The van der Waals surface area contributed by atoms with Gasteiger partial charge in [-0.15, -0.1) is 0 Å². The van der Waals surface area contributed by atoms with Crippen LogP contribution in [0.4, 0.5) is 0 Å². The maximum absolute atomic E-state index is 13.0. The van der Waals surface area contributed by atoms with Crippen molar-refractivity contribution in [2.45, 2.75) is 0 Å². The molecular formula is C48H46O4P4. The lowest BCUT2D eigenvalue weighted by molar-refractivity contribution is 0.587. The van der Waals surface area contributed by atoms with Gasteiger partial charge in [0.05, 0.1) is 0 Å². The Balaban J connectivity index is 1.49. The smallest absolute Gasteiger partial charge is 0.109 e. The van der Waals surface area contributed by atoms with Gasteiger partial charge >= 0.3 is 0 Å². The highest BCUT2D eigenvalue weighted by atomic mass is 31.2. The number of benzene rings is 8. The Kier molecular flexibility index (Phi) is 9.43. The maximum atomic E-state index is 13.0. The lowest BCUT2D eigenvalue weighted by Gasteiger charge is -2.22. The van der Waals surface area contributed by atoms with E-state index < -0.39 is 28.6 Å². The first-order chi connectivity index (χ1) is 26.3. The van der Waals surface area contributed by atoms with E-state index in [1.807, 2.05) is 48.5 Å². The zero-order valence-electron chi connectivity index (χ0n) is 33.1. The molecule has 56 heavy (non-hydrogen) atoms. The Morgan fingerprint density at radius 1 is 0.268 bits per heavy atom. The van der Waals surface area contributed by atoms with Crippen LogP contribution < -0.4 is 21.2 Å². The van der Waals surface area contributed by atoms with E-state index in [2.05, 4.69) is 84.9 Å². The van der Waals surface area contributed by atoms with Crippen LogP contribution in [0.3, 0.4) is 0 Å². The number of hydrogen-bond acceptors (Lipinski definition) is 4. The Labute approximate surface area is 330 Å². The molecule has 0 saturated heterocycles. The minimum absolute atomic E-state index is 0.842. The fraction of sp³-hybridized carbons (Fsp3) is 0.167. The quantitative estimate of drug-likeness (QED) is 0.113. The standard InChI is InChI=1S/C48H46O4P4/c1-53(2,49)35-17-9-31(10-18-35)43-29-44(32-11-19-36(20-12-32)54(3,4)50)40-27-28-42-46(34-15-23-38(24-16-34)56(7,8)52)30-45(41-26-25-39(43)47(40)48(41)42)33-13-21-37(22-14-33)55(5,6)51/h9-30H,1-8H3. The molecule has 0 spiro atoms. The molecule has 0 saturated carbocycles. The van der Waals surface area contributed by atoms with Crippen molar-refractivity contribution in [3.05, 3.63) is 133 Å². The van der Waals surface area contributed by atoms with Crippen molar-refractivity contribution >= 4 is 82.1 Å². The van der Waals surface area contributed by atoms with E-state index >= 15 is 0 Å². The van der Waals surface area contributed by atoms with Crippen LogP contribution in [0.15, 0.2) is 133 Å². The fourth-order valence-electron chi connectivity index (χ4n) is 7.95. The van der Waals surface area contributed by atoms with E-state index in [0.717, 1.165) is 98.0 Å². The summed E-state index contributed by atoms with van der Waals surface area (Å²) in [6.07, 6.45) is 0. The van der Waals surface area contributed by atoms with Gasteiger partial charge in [-0.1, -0.05) is 121 Å². The van der Waals surface area contributed by atoms with Crippen LogP contribution in [0.25, 0.3) is 76.8 Å². The Morgan fingerprint density at radius 3 is 0.607 bits per heavy atom. The van der Waals surface area contributed by atoms with Gasteiger partial charge in [0.25, 0.3) is 0 Å². The van der Waals surface area contributed by atoms with Gasteiger partial charge in [-0.3, -0.25) is 0 Å². The second-order valence-electron chi connectivity index (χ2n) is 16.6. The molecule has 4 nitrogen and oxygen atoms in total. The largest absolute Gasteiger partial charge is 0.319 e. The fourth-order valence-corrected chi connectivity index (χ4v) is 11.4. The Hall–Kier alpha value is -4.28. The summed E-state index contributed by atoms with van der Waals surface area (Å²) in [6.45, 7) is 14.4. The van der Waals surface area contributed by atoms with Crippen molar-refractivity contribution in [3.8, 4) is 44.5 Å². The van der Waals surface area contributed by atoms with Crippen molar-refractivity contribution in [2.24, 2.45) is 0 Å². The molecule has 0 unspecified atom stereocenters. The third-order valence-electron chi connectivity index (χ3n) is 11.1. The first-order valence-corrected chi connectivity index (χ1v) is 29.1. The molecule has 8 aromatic rings. The monoisotopic (exact) mass is 810 g/mol. The molecule has 8 aromatic carbocycles. The summed E-state index contributed by atoms with van der Waals surface area (Å²) in [6, 6.07) is 46.0. The van der Waals surface area contributed by atoms with Gasteiger partial charge in [0.1, 0.15) is 28.6 Å². The first kappa shape index (κ1) is 38.6. The summed E-state index contributed by atoms with van der Waals surface area (Å²) >= 11 is 0. The number of rotatable bonds is 8. The highest BCUT2D eigenvalue weighted by Gasteiger charge is 2.23. The van der Waals surface area contributed by atoms with Crippen LogP contribution >= 0.6 is 28.6 Å². The van der Waals surface area contributed by atoms with Crippen molar-refractivity contribution < 1.29 is 18.3 Å². The average Bonchev–Trinajstić information content (AvgIpc) is 3.15. The predicted octanol–water partition coefficient (Wildman–Crippen LogP) is 12.2. The molecule has 0 aliphatic carbocycles. The highest BCUT2D eigenvalue weighted by Crippen LogP contribution is 2.49. The van der Waals surface area contributed by atoms with E-state index in [9.17, 15) is 18.3 Å². The van der Waals surface area contributed by atoms with E-state index in [1.165, 1.54) is 0 Å². The van der Waals surface area contributed by atoms with Crippen LogP contribution in [0.2, 0.25) is 0 Å². The molecule has 0 radical (unpaired) electrons. The molecule has 0 N–H and O–H groups in total. The second kappa shape index (κ2) is 13.7. The van der Waals surface area contributed by atoms with Crippen molar-refractivity contribution in [1.29, 1.82) is 0 Å². The molecule has 0 aromatic heterocycles. The van der Waals surface area contributed by atoms with Crippen molar-refractivity contribution in [2.75, 3.05) is 53.3 Å². The zero-order chi connectivity index (χ0) is 39.9. The molecule has 0 heterocycles. The minimum atomic E-state index is -2.45. The second-order valence-corrected chi connectivity index (χ2v) is 29.5. The molecule has 0 fully saturated rings. The average molecular weight is 811 g/mol. The molecule has 0 aliphatic rings. The van der Waals surface area contributed by atoms with E-state index in [1.54, 1.807) is 53.3 Å². The normalized spacial score (nSPS) is 12.9. The molecule has 0 aliphatic heterocycles. The summed E-state index contributed by atoms with van der Waals surface area (Å²) in [5.41, 5.74) is 8.40. The first-order valence-electron chi connectivity index (χ1n) is 18.7. The third kappa shape index (κ3) is 7.01. The zero-order valence-corrected chi connectivity index (χ0v) is 36.7. The number of hydrogen-bond donors (Lipinski definition) is 0. The molecule has 0 amide bonds. The van der Waals surface area contributed by atoms with E-state index in [0.29, 0.717) is 0 Å². The molecule has 8 rings (SSSR count). The van der Waals surface area contributed by atoms with Crippen LogP contribution in [0.5, 0.6) is 0 Å². The summed E-state index contributed by atoms with van der Waals surface area (Å²) in [7, 11) is -9.80. The molecule has 0 bridgehead atoms. The molecular weight excluding hydrogens is 764 g/mol. The third-order valence-corrected chi connectivity index (χ3v) is 17.3. The summed E-state index contributed by atoms with van der Waals surface area (Å²) in [4.78, 5) is 0. The molecule has 0 atom stereocenters.